The van der Waals surface area contributed by atoms with Gasteiger partial charge in [-0.25, -0.2) is 4.79 Å². The van der Waals surface area contributed by atoms with Crippen molar-refractivity contribution in [2.24, 2.45) is 0 Å². The minimum atomic E-state index is -0.392. The first-order valence-electron chi connectivity index (χ1n) is 11.3. The number of amides is 1. The van der Waals surface area contributed by atoms with Gasteiger partial charge in [-0.3, -0.25) is 9.10 Å². The van der Waals surface area contributed by atoms with Gasteiger partial charge in [-0.15, -0.1) is 0 Å². The largest absolute Gasteiger partial charge is 0.489 e. The maximum atomic E-state index is 13.2. The van der Waals surface area contributed by atoms with E-state index in [0.29, 0.717) is 24.5 Å². The summed E-state index contributed by atoms with van der Waals surface area (Å²) < 4.78 is 12.7. The standard InChI is InChI=1S/C27H28N2O4S/c1-3-32-27(31)22-10-7-11-23(16-22)29(34-2)26(30)18-28-15-14-21-17-24(12-13-25(21)28)33-19-20-8-5-4-6-9-20/h4-13,16-17H,3,14-15,18-19H2,1-2H3. The zero-order chi connectivity index (χ0) is 23.9. The van der Waals surface area contributed by atoms with Crippen molar-refractivity contribution in [3.63, 3.8) is 0 Å². The molecule has 4 rings (SSSR count). The van der Waals surface area contributed by atoms with Crippen LogP contribution in [0.2, 0.25) is 0 Å². The number of hydrogen-bond acceptors (Lipinski definition) is 6. The normalized spacial score (nSPS) is 12.2. The number of benzene rings is 3. The van der Waals surface area contributed by atoms with Crippen LogP contribution in [0.15, 0.2) is 72.8 Å². The molecule has 7 heteroatoms. The lowest BCUT2D eigenvalue weighted by molar-refractivity contribution is -0.116. The fourth-order valence-corrected chi connectivity index (χ4v) is 4.58. The van der Waals surface area contributed by atoms with E-state index >= 15 is 0 Å². The van der Waals surface area contributed by atoms with Crippen LogP contribution in [-0.4, -0.2) is 37.8 Å². The van der Waals surface area contributed by atoms with Gasteiger partial charge in [-0.2, -0.15) is 0 Å². The van der Waals surface area contributed by atoms with Crippen LogP contribution in [0.4, 0.5) is 11.4 Å². The fourth-order valence-electron chi connectivity index (χ4n) is 3.99. The minimum absolute atomic E-state index is 0.0502. The topological polar surface area (TPSA) is 59.1 Å². The number of hydrogen-bond donors (Lipinski definition) is 0. The Kier molecular flexibility index (Phi) is 7.75. The maximum absolute atomic E-state index is 13.2. The van der Waals surface area contributed by atoms with Crippen LogP contribution in [0.5, 0.6) is 5.75 Å². The van der Waals surface area contributed by atoms with Gasteiger partial charge in [0.1, 0.15) is 12.4 Å². The number of carbonyl (C=O) groups excluding carboxylic acids is 2. The lowest BCUT2D eigenvalue weighted by Gasteiger charge is -2.25. The van der Waals surface area contributed by atoms with Gasteiger partial charge >= 0.3 is 5.97 Å². The van der Waals surface area contributed by atoms with Crippen LogP contribution in [0, 0.1) is 0 Å². The molecule has 3 aromatic carbocycles. The summed E-state index contributed by atoms with van der Waals surface area (Å²) in [6.07, 6.45) is 2.71. The molecule has 176 valence electrons. The molecule has 34 heavy (non-hydrogen) atoms. The van der Waals surface area contributed by atoms with Crippen LogP contribution in [-0.2, 0) is 22.6 Å². The molecule has 0 fully saturated rings. The van der Waals surface area contributed by atoms with E-state index in [1.165, 1.54) is 17.5 Å². The maximum Gasteiger partial charge on any atom is 0.338 e. The van der Waals surface area contributed by atoms with Crippen molar-refractivity contribution in [3.05, 3.63) is 89.5 Å². The Labute approximate surface area is 204 Å². The van der Waals surface area contributed by atoms with Crippen LogP contribution in [0.1, 0.15) is 28.4 Å². The molecule has 1 aliphatic heterocycles. The number of carbonyl (C=O) groups is 2. The van der Waals surface area contributed by atoms with Crippen LogP contribution in [0.25, 0.3) is 0 Å². The van der Waals surface area contributed by atoms with E-state index in [9.17, 15) is 9.59 Å². The third-order valence-electron chi connectivity index (χ3n) is 5.62. The van der Waals surface area contributed by atoms with E-state index in [1.807, 2.05) is 54.8 Å². The summed E-state index contributed by atoms with van der Waals surface area (Å²) in [5.41, 5.74) is 4.45. The minimum Gasteiger partial charge on any atom is -0.489 e. The zero-order valence-electron chi connectivity index (χ0n) is 19.4. The Balaban J connectivity index is 1.42. The molecule has 0 saturated heterocycles. The highest BCUT2D eigenvalue weighted by Gasteiger charge is 2.25. The molecule has 0 aliphatic carbocycles. The Hall–Kier alpha value is -3.45. The van der Waals surface area contributed by atoms with Gasteiger partial charge in [-0.1, -0.05) is 36.4 Å². The van der Waals surface area contributed by atoms with E-state index in [1.54, 1.807) is 29.4 Å². The molecule has 1 aliphatic rings. The second kappa shape index (κ2) is 11.1. The quantitative estimate of drug-likeness (QED) is 0.316. The average molecular weight is 477 g/mol. The molecular weight excluding hydrogens is 448 g/mol. The summed E-state index contributed by atoms with van der Waals surface area (Å²) >= 11 is 1.32. The third kappa shape index (κ3) is 5.54. The molecule has 3 aromatic rings. The number of nitrogens with zero attached hydrogens (tertiary/aromatic N) is 2. The fraction of sp³-hybridized carbons (Fsp3) is 0.259. The van der Waals surface area contributed by atoms with E-state index in [4.69, 9.17) is 9.47 Å². The van der Waals surface area contributed by atoms with Crippen molar-refractivity contribution < 1.29 is 19.1 Å². The first-order chi connectivity index (χ1) is 16.6. The number of fused-ring (bicyclic) bond motifs is 1. The molecule has 0 aromatic heterocycles. The second-order valence-electron chi connectivity index (χ2n) is 7.88. The van der Waals surface area contributed by atoms with Crippen molar-refractivity contribution in [1.29, 1.82) is 0 Å². The second-order valence-corrected chi connectivity index (χ2v) is 8.61. The Morgan fingerprint density at radius 3 is 2.62 bits per heavy atom. The smallest absolute Gasteiger partial charge is 0.338 e. The summed E-state index contributed by atoms with van der Waals surface area (Å²) in [6, 6.07) is 23.1. The van der Waals surface area contributed by atoms with Crippen LogP contribution < -0.4 is 13.9 Å². The number of esters is 1. The highest BCUT2D eigenvalue weighted by molar-refractivity contribution is 8.00. The molecule has 0 unspecified atom stereocenters. The Bertz CT molecular complexity index is 1150. The van der Waals surface area contributed by atoms with Gasteiger partial charge < -0.3 is 14.4 Å². The molecular formula is C27H28N2O4S. The van der Waals surface area contributed by atoms with Crippen molar-refractivity contribution in [2.45, 2.75) is 20.0 Å². The molecule has 6 nitrogen and oxygen atoms in total. The van der Waals surface area contributed by atoms with Crippen LogP contribution >= 0.6 is 11.9 Å². The Morgan fingerprint density at radius 2 is 1.85 bits per heavy atom. The molecule has 0 atom stereocenters. The number of ether oxygens (including phenoxy) is 2. The molecule has 0 radical (unpaired) electrons. The Morgan fingerprint density at radius 1 is 1.03 bits per heavy atom. The van der Waals surface area contributed by atoms with E-state index in [0.717, 1.165) is 30.0 Å². The molecule has 1 amide bonds. The summed E-state index contributed by atoms with van der Waals surface area (Å²) in [6.45, 7) is 3.62. The molecule has 0 bridgehead atoms. The zero-order valence-corrected chi connectivity index (χ0v) is 20.2. The predicted molar refractivity (Wildman–Crippen MR) is 137 cm³/mol. The summed E-state index contributed by atoms with van der Waals surface area (Å²) in [5, 5.41) is 0. The molecule has 0 N–H and O–H groups in total. The SMILES string of the molecule is CCOC(=O)c1cccc(N(SC)C(=O)CN2CCc3cc(OCc4ccccc4)ccc32)c1. The van der Waals surface area contributed by atoms with Crippen molar-refractivity contribution in [2.75, 3.05) is 35.2 Å². The van der Waals surface area contributed by atoms with Gasteiger partial charge in [0.2, 0.25) is 0 Å². The lowest BCUT2D eigenvalue weighted by atomic mass is 10.1. The molecule has 0 spiro atoms. The van der Waals surface area contributed by atoms with E-state index in [-0.39, 0.29) is 12.5 Å². The first-order valence-corrected chi connectivity index (χ1v) is 12.5. The average Bonchev–Trinajstić information content (AvgIpc) is 3.26. The number of anilines is 2. The van der Waals surface area contributed by atoms with E-state index < -0.39 is 5.97 Å². The third-order valence-corrected chi connectivity index (χ3v) is 6.40. The monoisotopic (exact) mass is 476 g/mol. The lowest BCUT2D eigenvalue weighted by Crippen LogP contribution is -2.36. The first kappa shape index (κ1) is 23.7. The van der Waals surface area contributed by atoms with Gasteiger partial charge in [0.15, 0.2) is 0 Å². The summed E-state index contributed by atoms with van der Waals surface area (Å²) in [5.74, 6) is 0.389. The molecule has 0 saturated carbocycles. The highest BCUT2D eigenvalue weighted by atomic mass is 32.2. The van der Waals surface area contributed by atoms with Crippen molar-refractivity contribution in [3.8, 4) is 5.75 Å². The van der Waals surface area contributed by atoms with Crippen LogP contribution in [0.3, 0.4) is 0 Å². The number of rotatable bonds is 9. The van der Waals surface area contributed by atoms with Gasteiger partial charge in [0.25, 0.3) is 5.91 Å². The summed E-state index contributed by atoms with van der Waals surface area (Å²) in [7, 11) is 0. The molecule has 1 heterocycles. The van der Waals surface area contributed by atoms with Gasteiger partial charge in [0.05, 0.1) is 24.4 Å². The van der Waals surface area contributed by atoms with Crippen molar-refractivity contribution in [1.82, 2.24) is 0 Å². The van der Waals surface area contributed by atoms with Gasteiger partial charge in [-0.05, 0) is 72.8 Å². The predicted octanol–water partition coefficient (Wildman–Crippen LogP) is 5.12. The highest BCUT2D eigenvalue weighted by Crippen LogP contribution is 2.32. The van der Waals surface area contributed by atoms with Gasteiger partial charge in [0, 0.05) is 18.5 Å². The van der Waals surface area contributed by atoms with Crippen molar-refractivity contribution >= 4 is 35.2 Å². The van der Waals surface area contributed by atoms with E-state index in [2.05, 4.69) is 11.0 Å². The summed E-state index contributed by atoms with van der Waals surface area (Å²) in [4.78, 5) is 27.4.